The van der Waals surface area contributed by atoms with Gasteiger partial charge in [-0.1, -0.05) is 17.7 Å². The van der Waals surface area contributed by atoms with E-state index in [4.69, 9.17) is 16.3 Å². The zero-order chi connectivity index (χ0) is 30.4. The highest BCUT2D eigenvalue weighted by Gasteiger charge is 2.53. The predicted octanol–water partition coefficient (Wildman–Crippen LogP) is 4.04. The minimum atomic E-state index is -1.07. The summed E-state index contributed by atoms with van der Waals surface area (Å²) in [5, 5.41) is 13.5. The van der Waals surface area contributed by atoms with E-state index in [-0.39, 0.29) is 39.6 Å². The molecule has 2 aromatic heterocycles. The number of halogens is 3. The molecule has 3 heterocycles. The molecule has 1 aliphatic heterocycles. The molecular formula is C30H30ClF2N7O3. The van der Waals surface area contributed by atoms with Crippen molar-refractivity contribution in [3.63, 3.8) is 0 Å². The van der Waals surface area contributed by atoms with Crippen molar-refractivity contribution >= 4 is 29.1 Å². The van der Waals surface area contributed by atoms with Gasteiger partial charge in [-0.3, -0.25) is 14.3 Å². The SMILES string of the molecule is COCCn1ncc(-c2ccc(-c3cnc(C(=O)Nc4ccc(C(=O)NC5[C@H]6CNC[C@@H]56)c(Cl)c4)n3C)c(F)c2F)c1C. The number of nitrogens with zero attached hydrogens (tertiary/aromatic N) is 4. The molecule has 224 valence electrons. The van der Waals surface area contributed by atoms with Gasteiger partial charge >= 0.3 is 0 Å². The fourth-order valence-corrected chi connectivity index (χ4v) is 6.03. The van der Waals surface area contributed by atoms with Crippen molar-refractivity contribution in [1.29, 1.82) is 0 Å². The van der Waals surface area contributed by atoms with Crippen LogP contribution in [-0.2, 0) is 18.3 Å². The maximum Gasteiger partial charge on any atom is 0.291 e. The monoisotopic (exact) mass is 609 g/mol. The van der Waals surface area contributed by atoms with Crippen LogP contribution < -0.4 is 16.0 Å². The van der Waals surface area contributed by atoms with Crippen molar-refractivity contribution in [2.75, 3.05) is 32.1 Å². The first kappa shape index (κ1) is 29.0. The third kappa shape index (κ3) is 5.30. The number of anilines is 1. The van der Waals surface area contributed by atoms with Gasteiger partial charge < -0.3 is 25.3 Å². The number of ether oxygens (including phenoxy) is 1. The summed E-state index contributed by atoms with van der Waals surface area (Å²) < 4.78 is 38.8. The third-order valence-corrected chi connectivity index (χ3v) is 8.62. The summed E-state index contributed by atoms with van der Waals surface area (Å²) in [7, 11) is 3.11. The fourth-order valence-electron chi connectivity index (χ4n) is 5.77. The standard InChI is InChI=1S/C30H30ClF2N7O3/c1-15-20(13-36-40(15)8-9-43-3)17-6-7-19(26(33)25(17)32)24-14-35-28(39(24)2)30(42)37-16-4-5-18(23(31)10-16)29(41)38-27-21-11-34-12-22(21)27/h4-7,10,13-14,21-22,27,34H,8-9,11-12H2,1-3H3,(H,37,42)(H,38,41)/t21-,22+,27?. The van der Waals surface area contributed by atoms with Gasteiger partial charge in [-0.25, -0.2) is 13.8 Å². The molecule has 13 heteroatoms. The summed E-state index contributed by atoms with van der Waals surface area (Å²) in [5.41, 5.74) is 2.06. The van der Waals surface area contributed by atoms with E-state index in [9.17, 15) is 9.59 Å². The number of imidazole rings is 1. The molecule has 1 saturated carbocycles. The minimum Gasteiger partial charge on any atom is -0.383 e. The molecule has 3 atom stereocenters. The van der Waals surface area contributed by atoms with Crippen LogP contribution in [0.25, 0.3) is 22.4 Å². The molecular weight excluding hydrogens is 580 g/mol. The van der Waals surface area contributed by atoms with Gasteiger partial charge in [-0.15, -0.1) is 0 Å². The molecule has 2 aromatic carbocycles. The molecule has 6 rings (SSSR count). The molecule has 0 radical (unpaired) electrons. The summed E-state index contributed by atoms with van der Waals surface area (Å²) in [5.74, 6) is -2.04. The topological polar surface area (TPSA) is 115 Å². The quantitative estimate of drug-likeness (QED) is 0.264. The second-order valence-electron chi connectivity index (χ2n) is 10.8. The van der Waals surface area contributed by atoms with Crippen LogP contribution in [0.2, 0.25) is 5.02 Å². The van der Waals surface area contributed by atoms with Crippen LogP contribution >= 0.6 is 11.6 Å². The number of piperidine rings is 1. The van der Waals surface area contributed by atoms with Crippen molar-refractivity contribution in [3.05, 3.63) is 76.5 Å². The highest BCUT2D eigenvalue weighted by Crippen LogP contribution is 2.42. The molecule has 2 aliphatic rings. The van der Waals surface area contributed by atoms with Crippen LogP contribution in [0, 0.1) is 30.4 Å². The second kappa shape index (κ2) is 11.5. The number of amides is 2. The van der Waals surface area contributed by atoms with Crippen LogP contribution in [0.15, 0.2) is 42.7 Å². The molecule has 4 aromatic rings. The normalized spacial score (nSPS) is 18.9. The largest absolute Gasteiger partial charge is 0.383 e. The van der Waals surface area contributed by atoms with E-state index in [1.54, 1.807) is 30.8 Å². The summed E-state index contributed by atoms with van der Waals surface area (Å²) >= 11 is 6.38. The number of carbonyl (C=O) groups is 2. The molecule has 2 fully saturated rings. The third-order valence-electron chi connectivity index (χ3n) is 8.31. The molecule has 0 bridgehead atoms. The van der Waals surface area contributed by atoms with Crippen LogP contribution in [-0.4, -0.2) is 64.0 Å². The van der Waals surface area contributed by atoms with Crippen LogP contribution in [0.4, 0.5) is 14.5 Å². The first-order chi connectivity index (χ1) is 20.7. The summed E-state index contributed by atoms with van der Waals surface area (Å²) in [4.78, 5) is 29.9. The molecule has 1 unspecified atom stereocenters. The summed E-state index contributed by atoms with van der Waals surface area (Å²) in [6.07, 6.45) is 2.80. The van der Waals surface area contributed by atoms with Crippen molar-refractivity contribution < 1.29 is 23.1 Å². The summed E-state index contributed by atoms with van der Waals surface area (Å²) in [6.45, 7) is 4.50. The smallest absolute Gasteiger partial charge is 0.291 e. The van der Waals surface area contributed by atoms with Crippen molar-refractivity contribution in [1.82, 2.24) is 30.0 Å². The zero-order valence-corrected chi connectivity index (χ0v) is 24.5. The van der Waals surface area contributed by atoms with E-state index >= 15 is 8.78 Å². The molecule has 0 spiro atoms. The Labute approximate surface area is 251 Å². The summed E-state index contributed by atoms with van der Waals surface area (Å²) in [6, 6.07) is 7.71. The number of methoxy groups -OCH3 is 1. The number of aromatic nitrogens is 4. The van der Waals surface area contributed by atoms with E-state index in [0.717, 1.165) is 13.1 Å². The van der Waals surface area contributed by atoms with E-state index < -0.39 is 17.5 Å². The second-order valence-corrected chi connectivity index (χ2v) is 11.2. The van der Waals surface area contributed by atoms with Crippen LogP contribution in [0.3, 0.4) is 0 Å². The van der Waals surface area contributed by atoms with E-state index in [0.29, 0.717) is 47.5 Å². The number of rotatable bonds is 9. The van der Waals surface area contributed by atoms with E-state index in [1.165, 1.54) is 42.2 Å². The van der Waals surface area contributed by atoms with Gasteiger partial charge in [0, 0.05) is 61.4 Å². The molecule has 3 N–H and O–H groups in total. The van der Waals surface area contributed by atoms with Crippen molar-refractivity contribution in [2.45, 2.75) is 19.5 Å². The number of benzene rings is 2. The van der Waals surface area contributed by atoms with Gasteiger partial charge in [0.25, 0.3) is 11.8 Å². The molecule has 43 heavy (non-hydrogen) atoms. The number of hydrogen-bond donors (Lipinski definition) is 3. The lowest BCUT2D eigenvalue weighted by Gasteiger charge is -2.12. The lowest BCUT2D eigenvalue weighted by molar-refractivity contribution is 0.0946. The van der Waals surface area contributed by atoms with Crippen LogP contribution in [0.5, 0.6) is 0 Å². The molecule has 1 aliphatic carbocycles. The number of hydrogen-bond acceptors (Lipinski definition) is 6. The molecule has 1 saturated heterocycles. The molecule has 10 nitrogen and oxygen atoms in total. The lowest BCUT2D eigenvalue weighted by atomic mass is 10.0. The van der Waals surface area contributed by atoms with Gasteiger partial charge in [-0.05, 0) is 43.0 Å². The van der Waals surface area contributed by atoms with Gasteiger partial charge in [0.05, 0.1) is 41.8 Å². The maximum absolute atomic E-state index is 15.4. The lowest BCUT2D eigenvalue weighted by Crippen LogP contribution is -2.32. The van der Waals surface area contributed by atoms with Crippen LogP contribution in [0.1, 0.15) is 26.7 Å². The maximum atomic E-state index is 15.4. The van der Waals surface area contributed by atoms with Crippen molar-refractivity contribution in [3.8, 4) is 22.4 Å². The number of carbonyl (C=O) groups excluding carboxylic acids is 2. The predicted molar refractivity (Wildman–Crippen MR) is 157 cm³/mol. The first-order valence-corrected chi connectivity index (χ1v) is 14.2. The number of fused-ring (bicyclic) bond motifs is 1. The zero-order valence-electron chi connectivity index (χ0n) is 23.7. The Bertz CT molecular complexity index is 1730. The highest BCUT2D eigenvalue weighted by molar-refractivity contribution is 6.34. The fraction of sp³-hybridized carbons (Fsp3) is 0.333. The number of nitrogens with one attached hydrogen (secondary N) is 3. The van der Waals surface area contributed by atoms with Gasteiger partial charge in [0.1, 0.15) is 0 Å². The van der Waals surface area contributed by atoms with Gasteiger partial charge in [0.15, 0.2) is 17.5 Å². The average Bonchev–Trinajstić information content (AvgIpc) is 3.37. The Morgan fingerprint density at radius 3 is 2.51 bits per heavy atom. The Morgan fingerprint density at radius 1 is 1.07 bits per heavy atom. The van der Waals surface area contributed by atoms with Gasteiger partial charge in [-0.2, -0.15) is 5.10 Å². The average molecular weight is 610 g/mol. The Hall–Kier alpha value is -4.13. The van der Waals surface area contributed by atoms with Crippen molar-refractivity contribution in [2.24, 2.45) is 18.9 Å². The van der Waals surface area contributed by atoms with E-state index in [1.807, 2.05) is 0 Å². The highest BCUT2D eigenvalue weighted by atomic mass is 35.5. The Balaban J connectivity index is 1.17. The Kier molecular flexibility index (Phi) is 7.75. The molecule has 2 amide bonds. The van der Waals surface area contributed by atoms with E-state index in [2.05, 4.69) is 26.0 Å². The van der Waals surface area contributed by atoms with Gasteiger partial charge in [0.2, 0.25) is 0 Å². The Morgan fingerprint density at radius 2 is 1.79 bits per heavy atom. The minimum absolute atomic E-state index is 0.0269. The first-order valence-electron chi connectivity index (χ1n) is 13.8.